The summed E-state index contributed by atoms with van der Waals surface area (Å²) in [5, 5.41) is 5.71. The molecule has 2 aromatic carbocycles. The summed E-state index contributed by atoms with van der Waals surface area (Å²) in [6, 6.07) is 14.7. The van der Waals surface area contributed by atoms with E-state index in [1.807, 2.05) is 30.3 Å². The number of rotatable bonds is 5. The second-order valence-electron chi connectivity index (χ2n) is 6.37. The first kappa shape index (κ1) is 18.7. The molecular weight excluding hydrogens is 349 g/mol. The van der Waals surface area contributed by atoms with Gasteiger partial charge in [-0.2, -0.15) is 0 Å². The largest absolute Gasteiger partial charge is 0.484 e. The van der Waals surface area contributed by atoms with Gasteiger partial charge in [0.15, 0.2) is 6.61 Å². The molecule has 27 heavy (non-hydrogen) atoms. The number of halogens is 1. The van der Waals surface area contributed by atoms with E-state index >= 15 is 0 Å². The molecule has 2 N–H and O–H groups in total. The molecule has 1 saturated heterocycles. The Morgan fingerprint density at radius 3 is 2.52 bits per heavy atom. The lowest BCUT2D eigenvalue weighted by Crippen LogP contribution is -2.48. The Labute approximate surface area is 157 Å². The molecule has 0 bridgehead atoms. The third-order valence-corrected chi connectivity index (χ3v) is 4.37. The Kier molecular flexibility index (Phi) is 6.25. The molecule has 1 fully saturated rings. The van der Waals surface area contributed by atoms with Crippen molar-refractivity contribution in [3.63, 3.8) is 0 Å². The van der Waals surface area contributed by atoms with Crippen molar-refractivity contribution in [1.29, 1.82) is 0 Å². The number of carbonyl (C=O) groups excluding carboxylic acids is 2. The van der Waals surface area contributed by atoms with Gasteiger partial charge in [0.05, 0.1) is 0 Å². The number of carbonyl (C=O) groups is 2. The van der Waals surface area contributed by atoms with Gasteiger partial charge in [-0.05, 0) is 37.1 Å². The molecule has 0 spiro atoms. The van der Waals surface area contributed by atoms with Crippen molar-refractivity contribution in [2.45, 2.75) is 18.9 Å². The zero-order valence-electron chi connectivity index (χ0n) is 14.9. The fourth-order valence-corrected chi connectivity index (χ4v) is 2.94. The minimum atomic E-state index is -0.402. The van der Waals surface area contributed by atoms with E-state index in [1.165, 1.54) is 18.2 Å². The van der Waals surface area contributed by atoms with Crippen molar-refractivity contribution >= 4 is 17.6 Å². The first-order chi connectivity index (χ1) is 13.1. The van der Waals surface area contributed by atoms with E-state index < -0.39 is 5.82 Å². The number of para-hydroxylation sites is 1. The number of likely N-dealkylation sites (tertiary alicyclic amines) is 1. The predicted molar refractivity (Wildman–Crippen MR) is 100 cm³/mol. The number of urea groups is 1. The van der Waals surface area contributed by atoms with E-state index in [1.54, 1.807) is 11.0 Å². The number of nitrogens with one attached hydrogen (secondary N) is 2. The first-order valence-electron chi connectivity index (χ1n) is 8.89. The predicted octanol–water partition coefficient (Wildman–Crippen LogP) is 3.02. The van der Waals surface area contributed by atoms with E-state index in [0.29, 0.717) is 31.7 Å². The zero-order chi connectivity index (χ0) is 19.1. The number of anilines is 1. The van der Waals surface area contributed by atoms with Gasteiger partial charge in [0.2, 0.25) is 0 Å². The average Bonchev–Trinajstić information content (AvgIpc) is 2.67. The Hall–Kier alpha value is -3.09. The quantitative estimate of drug-likeness (QED) is 0.849. The summed E-state index contributed by atoms with van der Waals surface area (Å²) < 4.78 is 18.5. The molecule has 7 heteroatoms. The van der Waals surface area contributed by atoms with Crippen molar-refractivity contribution in [1.82, 2.24) is 10.2 Å². The van der Waals surface area contributed by atoms with Crippen molar-refractivity contribution < 1.29 is 18.7 Å². The van der Waals surface area contributed by atoms with Crippen molar-refractivity contribution in [2.75, 3.05) is 25.0 Å². The first-order valence-corrected chi connectivity index (χ1v) is 8.89. The van der Waals surface area contributed by atoms with Crippen LogP contribution in [-0.4, -0.2) is 42.6 Å². The van der Waals surface area contributed by atoms with Gasteiger partial charge in [-0.25, -0.2) is 9.18 Å². The van der Waals surface area contributed by atoms with Gasteiger partial charge in [0.1, 0.15) is 11.6 Å². The van der Waals surface area contributed by atoms with Crippen LogP contribution in [0.15, 0.2) is 54.6 Å². The Balaban J connectivity index is 1.39. The lowest BCUT2D eigenvalue weighted by atomic mass is 10.1. The number of hydrogen-bond acceptors (Lipinski definition) is 3. The molecule has 1 aliphatic heterocycles. The third kappa shape index (κ3) is 5.70. The molecule has 142 valence electrons. The van der Waals surface area contributed by atoms with Gasteiger partial charge in [-0.15, -0.1) is 0 Å². The van der Waals surface area contributed by atoms with Crippen molar-refractivity contribution in [3.8, 4) is 5.75 Å². The van der Waals surface area contributed by atoms with E-state index in [2.05, 4.69) is 10.6 Å². The molecule has 6 nitrogen and oxygen atoms in total. The van der Waals surface area contributed by atoms with Crippen LogP contribution >= 0.6 is 0 Å². The maximum Gasteiger partial charge on any atom is 0.319 e. The molecule has 0 unspecified atom stereocenters. The Morgan fingerprint density at radius 2 is 1.81 bits per heavy atom. The minimum Gasteiger partial charge on any atom is -0.484 e. The van der Waals surface area contributed by atoms with Crippen LogP contribution < -0.4 is 15.4 Å². The summed E-state index contributed by atoms with van der Waals surface area (Å²) >= 11 is 0. The summed E-state index contributed by atoms with van der Waals surface area (Å²) in [5.41, 5.74) is 0.733. The number of amides is 3. The van der Waals surface area contributed by atoms with Crippen LogP contribution in [0.3, 0.4) is 0 Å². The molecule has 0 radical (unpaired) electrons. The SMILES string of the molecule is O=C(Nc1ccccc1)NC1CCN(C(=O)COc2cccc(F)c2)CC1. The monoisotopic (exact) mass is 371 g/mol. The second kappa shape index (κ2) is 9.02. The highest BCUT2D eigenvalue weighted by Gasteiger charge is 2.24. The maximum absolute atomic E-state index is 13.1. The number of nitrogens with zero attached hydrogens (tertiary/aromatic N) is 1. The maximum atomic E-state index is 13.1. The van der Waals surface area contributed by atoms with Crippen LogP contribution in [0.2, 0.25) is 0 Å². The van der Waals surface area contributed by atoms with Crippen LogP contribution in [0.4, 0.5) is 14.9 Å². The van der Waals surface area contributed by atoms with Gasteiger partial charge in [-0.1, -0.05) is 24.3 Å². The van der Waals surface area contributed by atoms with Crippen LogP contribution in [0, 0.1) is 5.82 Å². The topological polar surface area (TPSA) is 70.7 Å². The minimum absolute atomic E-state index is 0.0156. The smallest absolute Gasteiger partial charge is 0.319 e. The number of hydrogen-bond donors (Lipinski definition) is 2. The lowest BCUT2D eigenvalue weighted by Gasteiger charge is -2.32. The zero-order valence-corrected chi connectivity index (χ0v) is 14.9. The van der Waals surface area contributed by atoms with Crippen LogP contribution in [-0.2, 0) is 4.79 Å². The highest BCUT2D eigenvalue weighted by Crippen LogP contribution is 2.14. The highest BCUT2D eigenvalue weighted by atomic mass is 19.1. The third-order valence-electron chi connectivity index (χ3n) is 4.37. The Morgan fingerprint density at radius 1 is 1.07 bits per heavy atom. The van der Waals surface area contributed by atoms with Gasteiger partial charge in [0.25, 0.3) is 5.91 Å². The van der Waals surface area contributed by atoms with E-state index in [-0.39, 0.29) is 24.6 Å². The molecule has 3 amide bonds. The Bertz CT molecular complexity index is 777. The number of benzene rings is 2. The standard InChI is InChI=1S/C20H22FN3O3/c21-15-5-4-8-18(13-15)27-14-19(25)24-11-9-17(10-12-24)23-20(26)22-16-6-2-1-3-7-16/h1-8,13,17H,9-12,14H2,(H2,22,23,26). The summed E-state index contributed by atoms with van der Waals surface area (Å²) in [4.78, 5) is 26.0. The van der Waals surface area contributed by atoms with Crippen molar-refractivity contribution in [2.24, 2.45) is 0 Å². The normalized spacial score (nSPS) is 14.5. The molecule has 1 aliphatic rings. The van der Waals surface area contributed by atoms with Gasteiger partial charge < -0.3 is 20.3 Å². The second-order valence-corrected chi connectivity index (χ2v) is 6.37. The summed E-state index contributed by atoms with van der Waals surface area (Å²) in [5.74, 6) is -0.218. The van der Waals surface area contributed by atoms with Crippen LogP contribution in [0.1, 0.15) is 12.8 Å². The molecule has 0 atom stereocenters. The molecule has 0 aliphatic carbocycles. The van der Waals surface area contributed by atoms with Gasteiger partial charge >= 0.3 is 6.03 Å². The summed E-state index contributed by atoms with van der Waals surface area (Å²) in [6.07, 6.45) is 1.35. The number of ether oxygens (including phenoxy) is 1. The molecule has 3 rings (SSSR count). The molecular formula is C20H22FN3O3. The van der Waals surface area contributed by atoms with E-state index in [9.17, 15) is 14.0 Å². The van der Waals surface area contributed by atoms with Crippen molar-refractivity contribution in [3.05, 3.63) is 60.4 Å². The highest BCUT2D eigenvalue weighted by molar-refractivity contribution is 5.89. The lowest BCUT2D eigenvalue weighted by molar-refractivity contribution is -0.134. The fourth-order valence-electron chi connectivity index (χ4n) is 2.94. The molecule has 0 saturated carbocycles. The van der Waals surface area contributed by atoms with Crippen LogP contribution in [0.5, 0.6) is 5.75 Å². The molecule has 0 aromatic heterocycles. The summed E-state index contributed by atoms with van der Waals surface area (Å²) in [7, 11) is 0. The van der Waals surface area contributed by atoms with Gasteiger partial charge in [-0.3, -0.25) is 4.79 Å². The van der Waals surface area contributed by atoms with Crippen LogP contribution in [0.25, 0.3) is 0 Å². The summed E-state index contributed by atoms with van der Waals surface area (Å²) in [6.45, 7) is 0.958. The average molecular weight is 371 g/mol. The number of piperidine rings is 1. The van der Waals surface area contributed by atoms with Gasteiger partial charge in [0, 0.05) is 30.9 Å². The van der Waals surface area contributed by atoms with E-state index in [0.717, 1.165) is 5.69 Å². The fraction of sp³-hybridized carbons (Fsp3) is 0.300. The molecule has 2 aromatic rings. The van der Waals surface area contributed by atoms with E-state index in [4.69, 9.17) is 4.74 Å². The molecule has 1 heterocycles.